The summed E-state index contributed by atoms with van der Waals surface area (Å²) >= 11 is 0. The Bertz CT molecular complexity index is 386. The summed E-state index contributed by atoms with van der Waals surface area (Å²) in [5, 5.41) is 34.5. The van der Waals surface area contributed by atoms with E-state index in [4.69, 9.17) is 20.4 Å². The van der Waals surface area contributed by atoms with E-state index in [0.29, 0.717) is 0 Å². The summed E-state index contributed by atoms with van der Waals surface area (Å²) in [5.74, 6) is -10.2. The van der Waals surface area contributed by atoms with E-state index in [1.807, 2.05) is 0 Å². The first-order valence-corrected chi connectivity index (χ1v) is 3.23. The predicted molar refractivity (Wildman–Crippen MR) is 38.3 cm³/mol. The van der Waals surface area contributed by atoms with Crippen molar-refractivity contribution >= 4 is 5.97 Å². The van der Waals surface area contributed by atoms with Crippen LogP contribution in [-0.2, 0) is 0 Å². The lowest BCUT2D eigenvalue weighted by Gasteiger charge is -2.06. The lowest BCUT2D eigenvalue weighted by atomic mass is 10.1. The first kappa shape index (κ1) is 10.0. The van der Waals surface area contributed by atoms with Crippen molar-refractivity contribution in [2.45, 2.75) is 0 Å². The molecule has 1 rings (SSSR count). The van der Waals surface area contributed by atoms with E-state index in [-0.39, 0.29) is 0 Å². The summed E-state index contributed by atoms with van der Waals surface area (Å²) in [5.41, 5.74) is -1.53. The summed E-state index contributed by atoms with van der Waals surface area (Å²) in [6, 6.07) is 0. The van der Waals surface area contributed by atoms with Crippen molar-refractivity contribution in [2.24, 2.45) is 0 Å². The third kappa shape index (κ3) is 1.18. The molecule has 0 aliphatic heterocycles. The monoisotopic (exact) mass is 206 g/mol. The fourth-order valence-electron chi connectivity index (χ4n) is 0.841. The molecule has 1 aromatic carbocycles. The molecule has 0 radical (unpaired) electrons. The lowest BCUT2D eigenvalue weighted by Crippen LogP contribution is -2.05. The van der Waals surface area contributed by atoms with Crippen molar-refractivity contribution in [3.05, 3.63) is 17.2 Å². The molecule has 0 aliphatic rings. The van der Waals surface area contributed by atoms with Gasteiger partial charge in [0.1, 0.15) is 5.56 Å². The van der Waals surface area contributed by atoms with E-state index in [1.54, 1.807) is 0 Å². The van der Waals surface area contributed by atoms with Crippen LogP contribution in [0.1, 0.15) is 10.4 Å². The standard InChI is InChI=1S/C7H4F2O5/c8-2-1(7(13)14)3(9)5(11)6(12)4(2)10/h10-12H,(H,13,14). The number of phenols is 3. The van der Waals surface area contributed by atoms with Crippen LogP contribution in [0.2, 0.25) is 0 Å². The zero-order valence-corrected chi connectivity index (χ0v) is 6.45. The quantitative estimate of drug-likeness (QED) is 0.509. The molecule has 0 saturated carbocycles. The van der Waals surface area contributed by atoms with Gasteiger partial charge in [-0.1, -0.05) is 0 Å². The van der Waals surface area contributed by atoms with Gasteiger partial charge < -0.3 is 20.4 Å². The minimum atomic E-state index is -2.01. The molecule has 0 atom stereocenters. The van der Waals surface area contributed by atoms with E-state index in [2.05, 4.69) is 0 Å². The molecule has 0 spiro atoms. The van der Waals surface area contributed by atoms with Gasteiger partial charge in [-0.15, -0.1) is 0 Å². The summed E-state index contributed by atoms with van der Waals surface area (Å²) in [6.07, 6.45) is 0. The lowest BCUT2D eigenvalue weighted by molar-refractivity contribution is 0.0684. The maximum absolute atomic E-state index is 12.8. The van der Waals surface area contributed by atoms with Crippen molar-refractivity contribution in [3.8, 4) is 17.2 Å². The van der Waals surface area contributed by atoms with E-state index in [1.165, 1.54) is 0 Å². The first-order chi connectivity index (χ1) is 6.37. The average molecular weight is 206 g/mol. The molecule has 0 fully saturated rings. The molecule has 0 bridgehead atoms. The Morgan fingerprint density at radius 2 is 1.29 bits per heavy atom. The molecule has 76 valence electrons. The van der Waals surface area contributed by atoms with Crippen LogP contribution in [0.5, 0.6) is 17.2 Å². The highest BCUT2D eigenvalue weighted by atomic mass is 19.1. The Morgan fingerprint density at radius 1 is 0.929 bits per heavy atom. The second-order valence-electron chi connectivity index (χ2n) is 2.35. The van der Waals surface area contributed by atoms with E-state index in [0.717, 1.165) is 0 Å². The van der Waals surface area contributed by atoms with Crippen LogP contribution in [0.25, 0.3) is 0 Å². The van der Waals surface area contributed by atoms with E-state index < -0.39 is 40.4 Å². The number of phenolic OH excluding ortho intramolecular Hbond substituents is 3. The zero-order chi connectivity index (χ0) is 11.0. The molecule has 0 aromatic heterocycles. The average Bonchev–Trinajstić information content (AvgIpc) is 2.11. The number of aromatic carboxylic acids is 1. The van der Waals surface area contributed by atoms with Crippen LogP contribution in [0, 0.1) is 11.6 Å². The minimum Gasteiger partial charge on any atom is -0.502 e. The Morgan fingerprint density at radius 3 is 1.57 bits per heavy atom. The first-order valence-electron chi connectivity index (χ1n) is 3.23. The van der Waals surface area contributed by atoms with Crippen LogP contribution < -0.4 is 0 Å². The second kappa shape index (κ2) is 3.02. The SMILES string of the molecule is O=C(O)c1c(F)c(O)c(O)c(O)c1F. The van der Waals surface area contributed by atoms with Gasteiger partial charge in [0.05, 0.1) is 0 Å². The fourth-order valence-corrected chi connectivity index (χ4v) is 0.841. The molecule has 0 heterocycles. The highest BCUT2D eigenvalue weighted by Gasteiger charge is 2.28. The number of carboxylic acids is 1. The number of hydrogen-bond acceptors (Lipinski definition) is 4. The van der Waals surface area contributed by atoms with Gasteiger partial charge in [0, 0.05) is 0 Å². The number of carbonyl (C=O) groups is 1. The van der Waals surface area contributed by atoms with Gasteiger partial charge in [-0.25, -0.2) is 13.6 Å². The van der Waals surface area contributed by atoms with E-state index in [9.17, 15) is 13.6 Å². The van der Waals surface area contributed by atoms with Crippen LogP contribution in [0.15, 0.2) is 0 Å². The van der Waals surface area contributed by atoms with Crippen LogP contribution in [-0.4, -0.2) is 26.4 Å². The minimum absolute atomic E-state index is 1.44. The highest BCUT2D eigenvalue weighted by Crippen LogP contribution is 2.41. The molecule has 14 heavy (non-hydrogen) atoms. The molecular weight excluding hydrogens is 202 g/mol. The van der Waals surface area contributed by atoms with Crippen molar-refractivity contribution < 1.29 is 34.0 Å². The number of carboxylic acid groups (broad SMARTS) is 1. The molecule has 7 heteroatoms. The van der Waals surface area contributed by atoms with Crippen molar-refractivity contribution in [1.82, 2.24) is 0 Å². The molecule has 0 saturated heterocycles. The summed E-state index contributed by atoms with van der Waals surface area (Å²) in [7, 11) is 0. The molecule has 5 nitrogen and oxygen atoms in total. The van der Waals surface area contributed by atoms with Crippen LogP contribution in [0.4, 0.5) is 8.78 Å². The molecule has 0 aliphatic carbocycles. The Balaban J connectivity index is 3.68. The normalized spacial score (nSPS) is 10.1. The molecule has 4 N–H and O–H groups in total. The molecule has 0 unspecified atom stereocenters. The maximum Gasteiger partial charge on any atom is 0.342 e. The number of rotatable bonds is 1. The van der Waals surface area contributed by atoms with Gasteiger partial charge in [0.2, 0.25) is 5.75 Å². The van der Waals surface area contributed by atoms with Crippen molar-refractivity contribution in [2.75, 3.05) is 0 Å². The third-order valence-corrected chi connectivity index (χ3v) is 1.52. The third-order valence-electron chi connectivity index (χ3n) is 1.52. The zero-order valence-electron chi connectivity index (χ0n) is 6.45. The topological polar surface area (TPSA) is 98.0 Å². The molecule has 0 amide bonds. The van der Waals surface area contributed by atoms with Crippen LogP contribution in [0.3, 0.4) is 0 Å². The Hall–Kier alpha value is -2.05. The number of hydrogen-bond donors (Lipinski definition) is 4. The van der Waals surface area contributed by atoms with Gasteiger partial charge in [0.25, 0.3) is 0 Å². The van der Waals surface area contributed by atoms with E-state index >= 15 is 0 Å². The van der Waals surface area contributed by atoms with Gasteiger partial charge in [-0.05, 0) is 0 Å². The highest BCUT2D eigenvalue weighted by molar-refractivity contribution is 5.90. The van der Waals surface area contributed by atoms with Crippen molar-refractivity contribution in [1.29, 1.82) is 0 Å². The van der Waals surface area contributed by atoms with Crippen LogP contribution >= 0.6 is 0 Å². The maximum atomic E-state index is 12.8. The number of benzene rings is 1. The largest absolute Gasteiger partial charge is 0.502 e. The number of halogens is 2. The Kier molecular flexibility index (Phi) is 2.16. The smallest absolute Gasteiger partial charge is 0.342 e. The van der Waals surface area contributed by atoms with Gasteiger partial charge in [-0.2, -0.15) is 0 Å². The van der Waals surface area contributed by atoms with Crippen molar-refractivity contribution in [3.63, 3.8) is 0 Å². The predicted octanol–water partition coefficient (Wildman–Crippen LogP) is 0.780. The number of aromatic hydroxyl groups is 3. The fraction of sp³-hybridized carbons (Fsp3) is 0. The van der Waals surface area contributed by atoms with Gasteiger partial charge in [0.15, 0.2) is 23.1 Å². The van der Waals surface area contributed by atoms with Gasteiger partial charge >= 0.3 is 5.97 Å². The Labute approximate surface area is 75.5 Å². The summed E-state index contributed by atoms with van der Waals surface area (Å²) < 4.78 is 25.6. The summed E-state index contributed by atoms with van der Waals surface area (Å²) in [6.45, 7) is 0. The second-order valence-corrected chi connectivity index (χ2v) is 2.35. The van der Waals surface area contributed by atoms with Gasteiger partial charge in [-0.3, -0.25) is 0 Å². The molecular formula is C7H4F2O5. The summed E-state index contributed by atoms with van der Waals surface area (Å²) in [4.78, 5) is 10.3. The molecule has 1 aromatic rings.